The zero-order valence-corrected chi connectivity index (χ0v) is 17.0. The number of halogens is 2. The Morgan fingerprint density at radius 1 is 0.969 bits per heavy atom. The van der Waals surface area contributed by atoms with Gasteiger partial charge in [0.1, 0.15) is 12.5 Å². The molecule has 0 bridgehead atoms. The van der Waals surface area contributed by atoms with Crippen molar-refractivity contribution < 1.29 is 33.0 Å². The Labute approximate surface area is 182 Å². The Morgan fingerprint density at radius 2 is 1.56 bits per heavy atom. The number of rotatable bonds is 8. The van der Waals surface area contributed by atoms with Crippen LogP contribution in [0.2, 0.25) is 0 Å². The minimum atomic E-state index is -3.31. The SMILES string of the molecule is O=C(CCNC(=O)OCC1c2ccccc2-c2ccccc21)NCC1C(C(=O)O)C1(F)F. The first-order valence-corrected chi connectivity index (χ1v) is 10.3. The normalized spacial score (nSPS) is 20.1. The smallest absolute Gasteiger partial charge is 0.407 e. The number of ether oxygens (including phenoxy) is 1. The Kier molecular flexibility index (Phi) is 5.82. The minimum Gasteiger partial charge on any atom is -0.481 e. The Hall–Kier alpha value is -3.49. The largest absolute Gasteiger partial charge is 0.481 e. The molecule has 2 unspecified atom stereocenters. The van der Waals surface area contributed by atoms with E-state index in [9.17, 15) is 23.2 Å². The zero-order chi connectivity index (χ0) is 22.9. The Morgan fingerprint density at radius 3 is 2.12 bits per heavy atom. The molecule has 2 aromatic rings. The zero-order valence-electron chi connectivity index (χ0n) is 17.0. The predicted molar refractivity (Wildman–Crippen MR) is 110 cm³/mol. The number of benzene rings is 2. The van der Waals surface area contributed by atoms with Crippen molar-refractivity contribution in [3.8, 4) is 11.1 Å². The van der Waals surface area contributed by atoms with Crippen molar-refractivity contribution in [2.24, 2.45) is 11.8 Å². The highest BCUT2D eigenvalue weighted by Crippen LogP contribution is 2.54. The number of alkyl halides is 2. The number of carbonyl (C=O) groups is 3. The highest BCUT2D eigenvalue weighted by Gasteiger charge is 2.72. The molecule has 2 amide bonds. The van der Waals surface area contributed by atoms with Crippen molar-refractivity contribution in [1.29, 1.82) is 0 Å². The van der Waals surface area contributed by atoms with Gasteiger partial charge in [0.15, 0.2) is 0 Å². The molecule has 2 atom stereocenters. The minimum absolute atomic E-state index is 0.0358. The molecular formula is C23H22F2N2O5. The first-order valence-electron chi connectivity index (χ1n) is 10.3. The summed E-state index contributed by atoms with van der Waals surface area (Å²) < 4.78 is 32.0. The summed E-state index contributed by atoms with van der Waals surface area (Å²) in [4.78, 5) is 34.6. The van der Waals surface area contributed by atoms with Crippen LogP contribution in [0.4, 0.5) is 13.6 Å². The number of carbonyl (C=O) groups excluding carboxylic acids is 2. The summed E-state index contributed by atoms with van der Waals surface area (Å²) in [5.74, 6) is -8.69. The van der Waals surface area contributed by atoms with E-state index in [1.54, 1.807) is 0 Å². The molecule has 0 aliphatic heterocycles. The highest BCUT2D eigenvalue weighted by molar-refractivity contribution is 5.80. The van der Waals surface area contributed by atoms with Crippen molar-refractivity contribution >= 4 is 18.0 Å². The molecule has 0 aromatic heterocycles. The lowest BCUT2D eigenvalue weighted by atomic mass is 9.98. The van der Waals surface area contributed by atoms with Gasteiger partial charge in [0.2, 0.25) is 5.91 Å². The second kappa shape index (κ2) is 8.57. The van der Waals surface area contributed by atoms with E-state index in [0.717, 1.165) is 22.3 Å². The third-order valence-corrected chi connectivity index (χ3v) is 5.95. The van der Waals surface area contributed by atoms with Gasteiger partial charge in [0.25, 0.3) is 5.92 Å². The van der Waals surface area contributed by atoms with Crippen LogP contribution in [0.15, 0.2) is 48.5 Å². The average Bonchev–Trinajstić information content (AvgIpc) is 3.18. The number of alkyl carbamates (subject to hydrolysis) is 1. The Balaban J connectivity index is 1.20. The van der Waals surface area contributed by atoms with E-state index in [1.165, 1.54) is 0 Å². The monoisotopic (exact) mass is 444 g/mol. The summed E-state index contributed by atoms with van der Waals surface area (Å²) in [6.07, 6.45) is -0.820. The van der Waals surface area contributed by atoms with Gasteiger partial charge in [-0.05, 0) is 22.3 Å². The summed E-state index contributed by atoms with van der Waals surface area (Å²) in [7, 11) is 0. The molecule has 9 heteroatoms. The number of carboxylic acids is 1. The van der Waals surface area contributed by atoms with Crippen molar-refractivity contribution in [2.45, 2.75) is 18.3 Å². The topological polar surface area (TPSA) is 105 Å². The molecule has 2 aliphatic rings. The quantitative estimate of drug-likeness (QED) is 0.581. The van der Waals surface area contributed by atoms with E-state index in [2.05, 4.69) is 10.6 Å². The number of fused-ring (bicyclic) bond motifs is 3. The molecule has 4 rings (SSSR count). The molecule has 0 heterocycles. The van der Waals surface area contributed by atoms with Crippen LogP contribution in [0.1, 0.15) is 23.5 Å². The van der Waals surface area contributed by atoms with E-state index in [0.29, 0.717) is 0 Å². The van der Waals surface area contributed by atoms with Gasteiger partial charge in [-0.2, -0.15) is 0 Å². The molecule has 0 saturated heterocycles. The lowest BCUT2D eigenvalue weighted by Gasteiger charge is -2.14. The summed E-state index contributed by atoms with van der Waals surface area (Å²) in [6, 6.07) is 15.9. The van der Waals surface area contributed by atoms with Crippen LogP contribution in [-0.2, 0) is 14.3 Å². The molecule has 2 aromatic carbocycles. The fourth-order valence-corrected chi connectivity index (χ4v) is 4.22. The van der Waals surface area contributed by atoms with Gasteiger partial charge in [-0.3, -0.25) is 9.59 Å². The average molecular weight is 444 g/mol. The van der Waals surface area contributed by atoms with Gasteiger partial charge in [-0.1, -0.05) is 48.5 Å². The Bertz CT molecular complexity index is 1010. The number of aliphatic carboxylic acids is 1. The first kappa shape index (κ1) is 21.7. The van der Waals surface area contributed by atoms with Crippen molar-refractivity contribution in [3.63, 3.8) is 0 Å². The lowest BCUT2D eigenvalue weighted by molar-refractivity contribution is -0.141. The molecule has 0 spiro atoms. The molecule has 1 fully saturated rings. The molecule has 3 N–H and O–H groups in total. The number of hydrogen-bond donors (Lipinski definition) is 3. The third-order valence-electron chi connectivity index (χ3n) is 5.95. The first-order chi connectivity index (χ1) is 15.3. The van der Waals surface area contributed by atoms with Crippen molar-refractivity contribution in [2.75, 3.05) is 19.7 Å². The fraction of sp³-hybridized carbons (Fsp3) is 0.348. The van der Waals surface area contributed by atoms with Crippen molar-refractivity contribution in [3.05, 3.63) is 59.7 Å². The van der Waals surface area contributed by atoms with Gasteiger partial charge in [0, 0.05) is 25.4 Å². The summed E-state index contributed by atoms with van der Waals surface area (Å²) in [6.45, 7) is -0.320. The number of carboxylic acid groups (broad SMARTS) is 1. The van der Waals surface area contributed by atoms with Crippen molar-refractivity contribution in [1.82, 2.24) is 10.6 Å². The third kappa shape index (κ3) is 4.15. The van der Waals surface area contributed by atoms with Gasteiger partial charge in [-0.15, -0.1) is 0 Å². The molecule has 2 aliphatic carbocycles. The number of hydrogen-bond acceptors (Lipinski definition) is 4. The predicted octanol–water partition coefficient (Wildman–Crippen LogP) is 3.00. The highest BCUT2D eigenvalue weighted by atomic mass is 19.3. The van der Waals surface area contributed by atoms with Crippen LogP contribution in [0.25, 0.3) is 11.1 Å². The summed E-state index contributed by atoms with van der Waals surface area (Å²) >= 11 is 0. The van der Waals surface area contributed by atoms with Gasteiger partial charge in [0.05, 0.1) is 5.92 Å². The van der Waals surface area contributed by atoms with E-state index in [-0.39, 0.29) is 25.5 Å². The molecule has 1 saturated carbocycles. The number of amides is 2. The molecule has 0 radical (unpaired) electrons. The standard InChI is InChI=1S/C23H22F2N2O5/c24-23(25)18(20(23)21(29)30)11-27-19(28)9-10-26-22(31)32-12-17-15-7-3-1-5-13(15)14-6-2-4-8-16(14)17/h1-8,17-18,20H,9-12H2,(H,26,31)(H,27,28)(H,29,30). The number of nitrogens with one attached hydrogen (secondary N) is 2. The molecule has 168 valence electrons. The molecule has 32 heavy (non-hydrogen) atoms. The van der Waals surface area contributed by atoms with E-state index in [4.69, 9.17) is 9.84 Å². The van der Waals surface area contributed by atoms with Crippen LogP contribution in [-0.4, -0.2) is 48.7 Å². The van der Waals surface area contributed by atoms with Crippen LogP contribution < -0.4 is 10.6 Å². The van der Waals surface area contributed by atoms with Crippen LogP contribution in [0.3, 0.4) is 0 Å². The van der Waals surface area contributed by atoms with E-state index >= 15 is 0 Å². The van der Waals surface area contributed by atoms with E-state index in [1.807, 2.05) is 48.5 Å². The van der Waals surface area contributed by atoms with Crippen LogP contribution in [0.5, 0.6) is 0 Å². The fourth-order valence-electron chi connectivity index (χ4n) is 4.22. The van der Waals surface area contributed by atoms with Crippen LogP contribution >= 0.6 is 0 Å². The molecular weight excluding hydrogens is 422 g/mol. The maximum absolute atomic E-state index is 13.3. The van der Waals surface area contributed by atoms with Gasteiger partial charge < -0.3 is 20.5 Å². The second-order valence-corrected chi connectivity index (χ2v) is 7.90. The molecule has 7 nitrogen and oxygen atoms in total. The maximum atomic E-state index is 13.3. The lowest BCUT2D eigenvalue weighted by Crippen LogP contribution is -2.33. The summed E-state index contributed by atoms with van der Waals surface area (Å²) in [5, 5.41) is 13.5. The summed E-state index contributed by atoms with van der Waals surface area (Å²) in [5.41, 5.74) is 4.38. The second-order valence-electron chi connectivity index (χ2n) is 7.90. The van der Waals surface area contributed by atoms with Gasteiger partial charge >= 0.3 is 12.1 Å². The van der Waals surface area contributed by atoms with Crippen LogP contribution in [0, 0.1) is 11.8 Å². The maximum Gasteiger partial charge on any atom is 0.407 e. The van der Waals surface area contributed by atoms with E-state index < -0.39 is 42.3 Å². The van der Waals surface area contributed by atoms with Gasteiger partial charge in [-0.25, -0.2) is 13.6 Å².